The fourth-order valence-corrected chi connectivity index (χ4v) is 5.76. The van der Waals surface area contributed by atoms with Crippen LogP contribution in [0.5, 0.6) is 0 Å². The molecule has 1 aliphatic rings. The predicted octanol–water partition coefficient (Wildman–Crippen LogP) is 5.28. The molecule has 0 aliphatic heterocycles. The van der Waals surface area contributed by atoms with Gasteiger partial charge in [0.1, 0.15) is 12.6 Å². The molecule has 0 bridgehead atoms. The first-order valence-corrected chi connectivity index (χ1v) is 14.7. The van der Waals surface area contributed by atoms with Crippen LogP contribution in [0.4, 0.5) is 5.69 Å². The van der Waals surface area contributed by atoms with Crippen LogP contribution in [-0.4, -0.2) is 50.0 Å². The van der Waals surface area contributed by atoms with Crippen LogP contribution >= 0.6 is 34.8 Å². The molecule has 0 unspecified atom stereocenters. The highest BCUT2D eigenvalue weighted by atomic mass is 35.5. The minimum Gasteiger partial charge on any atom is -0.352 e. The maximum atomic E-state index is 13.7. The van der Waals surface area contributed by atoms with Crippen LogP contribution in [0.1, 0.15) is 44.6 Å². The van der Waals surface area contributed by atoms with Gasteiger partial charge in [-0.3, -0.25) is 13.9 Å². The van der Waals surface area contributed by atoms with Crippen LogP contribution in [0.25, 0.3) is 0 Å². The van der Waals surface area contributed by atoms with Gasteiger partial charge >= 0.3 is 0 Å². The zero-order valence-electron chi connectivity index (χ0n) is 20.2. The summed E-state index contributed by atoms with van der Waals surface area (Å²) in [5.74, 6) is -0.793. The van der Waals surface area contributed by atoms with Crippen molar-refractivity contribution >= 4 is 62.3 Å². The van der Waals surface area contributed by atoms with Gasteiger partial charge in [-0.1, -0.05) is 66.7 Å². The summed E-state index contributed by atoms with van der Waals surface area (Å²) in [4.78, 5) is 28.4. The molecular weight excluding hydrogens is 545 g/mol. The second-order valence-electron chi connectivity index (χ2n) is 8.93. The smallest absolute Gasteiger partial charge is 0.244 e. The number of sulfonamides is 1. The lowest BCUT2D eigenvalue weighted by Gasteiger charge is -2.33. The van der Waals surface area contributed by atoms with Crippen molar-refractivity contribution < 1.29 is 18.0 Å². The molecule has 1 N–H and O–H groups in total. The first-order chi connectivity index (χ1) is 17.0. The number of halogens is 3. The van der Waals surface area contributed by atoms with Crippen molar-refractivity contribution in [1.82, 2.24) is 10.2 Å². The van der Waals surface area contributed by atoms with Crippen LogP contribution < -0.4 is 9.62 Å². The number of anilines is 1. The second kappa shape index (κ2) is 12.5. The molecule has 1 fully saturated rings. The molecule has 3 rings (SSSR count). The van der Waals surface area contributed by atoms with E-state index in [2.05, 4.69) is 5.32 Å². The SMILES string of the molecule is CC[C@H](C(=O)NC1CCCC1)N(Cc1ccc(Cl)cc1)C(=O)CN(c1cc(Cl)ccc1Cl)S(C)(=O)=O. The minimum atomic E-state index is -3.91. The molecule has 7 nitrogen and oxygen atoms in total. The maximum Gasteiger partial charge on any atom is 0.244 e. The summed E-state index contributed by atoms with van der Waals surface area (Å²) in [6.45, 7) is 1.39. The molecule has 0 aromatic heterocycles. The molecule has 1 aliphatic carbocycles. The van der Waals surface area contributed by atoms with Gasteiger partial charge in [0.05, 0.1) is 17.0 Å². The average molecular weight is 575 g/mol. The van der Waals surface area contributed by atoms with Crippen molar-refractivity contribution in [3.8, 4) is 0 Å². The lowest BCUT2D eigenvalue weighted by atomic mass is 10.1. The van der Waals surface area contributed by atoms with Gasteiger partial charge in [-0.05, 0) is 55.2 Å². The van der Waals surface area contributed by atoms with Crippen molar-refractivity contribution in [2.45, 2.75) is 57.7 Å². The standard InChI is InChI=1S/C25H30Cl3N3O4S/c1-3-22(25(33)29-20-6-4-5-7-20)30(15-17-8-10-18(26)11-9-17)24(32)16-31(36(2,34)35)23-14-19(27)12-13-21(23)28/h8-14,20,22H,3-7,15-16H2,1-2H3,(H,29,33)/t22-/m1/s1. The third-order valence-corrected chi connectivity index (χ3v) is 8.14. The van der Waals surface area contributed by atoms with Crippen molar-refractivity contribution in [3.63, 3.8) is 0 Å². The number of hydrogen-bond acceptors (Lipinski definition) is 4. The summed E-state index contributed by atoms with van der Waals surface area (Å²) in [5.41, 5.74) is 0.849. The predicted molar refractivity (Wildman–Crippen MR) is 145 cm³/mol. The molecule has 0 spiro atoms. The molecule has 11 heteroatoms. The van der Waals surface area contributed by atoms with E-state index in [0.29, 0.717) is 11.4 Å². The molecule has 2 amide bonds. The lowest BCUT2D eigenvalue weighted by molar-refractivity contribution is -0.140. The topological polar surface area (TPSA) is 86.8 Å². The van der Waals surface area contributed by atoms with Gasteiger partial charge in [-0.25, -0.2) is 8.42 Å². The highest BCUT2D eigenvalue weighted by molar-refractivity contribution is 7.92. The van der Waals surface area contributed by atoms with E-state index in [4.69, 9.17) is 34.8 Å². The number of amides is 2. The van der Waals surface area contributed by atoms with Gasteiger partial charge in [0, 0.05) is 22.6 Å². The highest BCUT2D eigenvalue weighted by Gasteiger charge is 2.33. The maximum absolute atomic E-state index is 13.7. The van der Waals surface area contributed by atoms with E-state index in [9.17, 15) is 18.0 Å². The average Bonchev–Trinajstić information content (AvgIpc) is 3.32. The molecule has 0 saturated heterocycles. The highest BCUT2D eigenvalue weighted by Crippen LogP contribution is 2.31. The van der Waals surface area contributed by atoms with E-state index in [0.717, 1.165) is 41.8 Å². The lowest BCUT2D eigenvalue weighted by Crippen LogP contribution is -2.53. The first kappa shape index (κ1) is 28.6. The molecular formula is C25H30Cl3N3O4S. The Hall–Kier alpha value is -2.00. The minimum absolute atomic E-state index is 0.0804. The summed E-state index contributed by atoms with van der Waals surface area (Å²) in [6.07, 6.45) is 5.27. The molecule has 1 atom stereocenters. The largest absolute Gasteiger partial charge is 0.352 e. The zero-order valence-corrected chi connectivity index (χ0v) is 23.3. The van der Waals surface area contributed by atoms with Crippen molar-refractivity contribution in [2.75, 3.05) is 17.1 Å². The van der Waals surface area contributed by atoms with E-state index >= 15 is 0 Å². The third kappa shape index (κ3) is 7.51. The zero-order chi connectivity index (χ0) is 26.5. The van der Waals surface area contributed by atoms with Gasteiger partial charge < -0.3 is 10.2 Å². The van der Waals surface area contributed by atoms with E-state index < -0.39 is 28.5 Å². The summed E-state index contributed by atoms with van der Waals surface area (Å²) in [5, 5.41) is 4.02. The normalized spacial score (nSPS) is 14.9. The quantitative estimate of drug-likeness (QED) is 0.418. The Morgan fingerprint density at radius 3 is 2.22 bits per heavy atom. The third-order valence-electron chi connectivity index (χ3n) is 6.21. The molecule has 0 heterocycles. The Morgan fingerprint density at radius 1 is 1.03 bits per heavy atom. The summed E-state index contributed by atoms with van der Waals surface area (Å²) < 4.78 is 26.3. The summed E-state index contributed by atoms with van der Waals surface area (Å²) >= 11 is 18.4. The van der Waals surface area contributed by atoms with Gasteiger partial charge in [-0.2, -0.15) is 0 Å². The van der Waals surface area contributed by atoms with Crippen LogP contribution in [0.15, 0.2) is 42.5 Å². The van der Waals surface area contributed by atoms with Crippen LogP contribution in [-0.2, 0) is 26.2 Å². The molecule has 2 aromatic carbocycles. The number of hydrogen-bond donors (Lipinski definition) is 1. The fourth-order valence-electron chi connectivity index (χ4n) is 4.35. The number of rotatable bonds is 10. The molecule has 1 saturated carbocycles. The van der Waals surface area contributed by atoms with Crippen molar-refractivity contribution in [1.29, 1.82) is 0 Å². The molecule has 0 radical (unpaired) electrons. The monoisotopic (exact) mass is 573 g/mol. The number of carbonyl (C=O) groups excluding carboxylic acids is 2. The van der Waals surface area contributed by atoms with Gasteiger partial charge in [0.25, 0.3) is 0 Å². The molecule has 2 aromatic rings. The fraction of sp³-hybridized carbons (Fsp3) is 0.440. The van der Waals surface area contributed by atoms with E-state index in [1.807, 2.05) is 6.92 Å². The Balaban J connectivity index is 1.94. The van der Waals surface area contributed by atoms with Gasteiger partial charge in [-0.15, -0.1) is 0 Å². The van der Waals surface area contributed by atoms with Crippen LogP contribution in [0, 0.1) is 0 Å². The Morgan fingerprint density at radius 2 is 1.64 bits per heavy atom. The van der Waals surface area contributed by atoms with Crippen molar-refractivity contribution in [2.24, 2.45) is 0 Å². The number of benzene rings is 2. The molecule has 196 valence electrons. The van der Waals surface area contributed by atoms with E-state index in [-0.39, 0.29) is 34.2 Å². The molecule has 36 heavy (non-hydrogen) atoms. The Bertz CT molecular complexity index is 1190. The van der Waals surface area contributed by atoms with Crippen LogP contribution in [0.2, 0.25) is 15.1 Å². The summed E-state index contributed by atoms with van der Waals surface area (Å²) in [6, 6.07) is 10.6. The first-order valence-electron chi connectivity index (χ1n) is 11.8. The Kier molecular flexibility index (Phi) is 9.92. The van der Waals surface area contributed by atoms with Gasteiger partial charge in [0.2, 0.25) is 21.8 Å². The summed E-state index contributed by atoms with van der Waals surface area (Å²) in [7, 11) is -3.91. The van der Waals surface area contributed by atoms with E-state index in [1.165, 1.54) is 23.1 Å². The number of carbonyl (C=O) groups is 2. The van der Waals surface area contributed by atoms with E-state index in [1.54, 1.807) is 24.3 Å². The van der Waals surface area contributed by atoms with Crippen molar-refractivity contribution in [3.05, 3.63) is 63.1 Å². The van der Waals surface area contributed by atoms with Crippen LogP contribution in [0.3, 0.4) is 0 Å². The number of nitrogens with zero attached hydrogens (tertiary/aromatic N) is 2. The second-order valence-corrected chi connectivity index (χ2v) is 12.1. The van der Waals surface area contributed by atoms with Gasteiger partial charge in [0.15, 0.2) is 0 Å². The Labute approximate surface area is 227 Å². The number of nitrogens with one attached hydrogen (secondary N) is 1.